The van der Waals surface area contributed by atoms with E-state index in [-0.39, 0.29) is 0 Å². The van der Waals surface area contributed by atoms with Crippen molar-refractivity contribution in [2.24, 2.45) is 5.41 Å². The molecular formula is C12H24N2O. The summed E-state index contributed by atoms with van der Waals surface area (Å²) >= 11 is 0. The van der Waals surface area contributed by atoms with Crippen molar-refractivity contribution in [2.75, 3.05) is 40.4 Å². The third-order valence-corrected chi connectivity index (χ3v) is 3.91. The number of rotatable bonds is 5. The van der Waals surface area contributed by atoms with Gasteiger partial charge in [-0.15, -0.1) is 0 Å². The van der Waals surface area contributed by atoms with Gasteiger partial charge >= 0.3 is 0 Å². The Hall–Kier alpha value is -0.120. The van der Waals surface area contributed by atoms with Gasteiger partial charge in [0.05, 0.1) is 0 Å². The topological polar surface area (TPSA) is 24.5 Å². The second kappa shape index (κ2) is 4.81. The Balaban J connectivity index is 1.78. The van der Waals surface area contributed by atoms with Gasteiger partial charge in [0.25, 0.3) is 0 Å². The molecule has 0 amide bonds. The Morgan fingerprint density at radius 3 is 2.53 bits per heavy atom. The number of hydrogen-bond donors (Lipinski definition) is 1. The van der Waals surface area contributed by atoms with Crippen LogP contribution in [0, 0.1) is 5.41 Å². The Morgan fingerprint density at radius 2 is 2.00 bits per heavy atom. The number of nitrogens with one attached hydrogen (secondary N) is 1. The summed E-state index contributed by atoms with van der Waals surface area (Å²) in [5.74, 6) is 0. The maximum absolute atomic E-state index is 5.40. The lowest BCUT2D eigenvalue weighted by atomic mass is 10.0. The Labute approximate surface area is 93.2 Å². The summed E-state index contributed by atoms with van der Waals surface area (Å²) in [4.78, 5) is 2.56. The van der Waals surface area contributed by atoms with Crippen molar-refractivity contribution in [3.8, 4) is 0 Å². The van der Waals surface area contributed by atoms with E-state index in [4.69, 9.17) is 4.74 Å². The van der Waals surface area contributed by atoms with Crippen LogP contribution in [0.25, 0.3) is 0 Å². The van der Waals surface area contributed by atoms with Crippen LogP contribution in [0.1, 0.15) is 25.7 Å². The van der Waals surface area contributed by atoms with Gasteiger partial charge in [0, 0.05) is 32.3 Å². The lowest BCUT2D eigenvalue weighted by Gasteiger charge is -2.33. The van der Waals surface area contributed by atoms with E-state index in [2.05, 4.69) is 24.3 Å². The monoisotopic (exact) mass is 212 g/mol. The van der Waals surface area contributed by atoms with Gasteiger partial charge in [-0.25, -0.2) is 0 Å². The van der Waals surface area contributed by atoms with Crippen molar-refractivity contribution < 1.29 is 4.74 Å². The number of nitrogens with zero attached hydrogens (tertiary/aromatic N) is 1. The fourth-order valence-corrected chi connectivity index (χ4v) is 2.73. The van der Waals surface area contributed by atoms with Crippen molar-refractivity contribution in [3.05, 3.63) is 0 Å². The van der Waals surface area contributed by atoms with Crippen molar-refractivity contribution in [1.29, 1.82) is 0 Å². The maximum Gasteiger partial charge on any atom is 0.0480 e. The molecule has 2 fully saturated rings. The third-order valence-electron chi connectivity index (χ3n) is 3.91. The number of ether oxygens (including phenoxy) is 1. The van der Waals surface area contributed by atoms with Gasteiger partial charge in [-0.1, -0.05) is 0 Å². The van der Waals surface area contributed by atoms with Gasteiger partial charge in [0.2, 0.25) is 0 Å². The van der Waals surface area contributed by atoms with E-state index in [1.54, 1.807) is 0 Å². The fourth-order valence-electron chi connectivity index (χ4n) is 2.73. The highest BCUT2D eigenvalue weighted by atomic mass is 16.5. The molecule has 3 nitrogen and oxygen atoms in total. The molecule has 0 bridgehead atoms. The lowest BCUT2D eigenvalue weighted by molar-refractivity contribution is 0.0367. The smallest absolute Gasteiger partial charge is 0.0480 e. The highest BCUT2D eigenvalue weighted by molar-refractivity contribution is 4.97. The van der Waals surface area contributed by atoms with E-state index in [1.165, 1.54) is 38.8 Å². The van der Waals surface area contributed by atoms with E-state index in [9.17, 15) is 0 Å². The molecule has 1 aliphatic heterocycles. The van der Waals surface area contributed by atoms with Crippen LogP contribution in [0.4, 0.5) is 0 Å². The zero-order chi connectivity index (χ0) is 10.7. The summed E-state index contributed by atoms with van der Waals surface area (Å²) in [5, 5.41) is 3.33. The average molecular weight is 212 g/mol. The molecule has 0 aromatic heterocycles. The molecule has 1 heterocycles. The summed E-state index contributed by atoms with van der Waals surface area (Å²) in [6.45, 7) is 4.35. The molecule has 0 aromatic rings. The van der Waals surface area contributed by atoms with Crippen LogP contribution in [0.15, 0.2) is 0 Å². The third kappa shape index (κ3) is 2.92. The average Bonchev–Trinajstić information content (AvgIpc) is 3.00. The molecule has 88 valence electrons. The van der Waals surface area contributed by atoms with Crippen LogP contribution < -0.4 is 5.32 Å². The molecule has 0 atom stereocenters. The van der Waals surface area contributed by atoms with E-state index >= 15 is 0 Å². The minimum Gasteiger partial charge on any atom is -0.381 e. The van der Waals surface area contributed by atoms with Crippen LogP contribution in [0.5, 0.6) is 0 Å². The molecule has 15 heavy (non-hydrogen) atoms. The van der Waals surface area contributed by atoms with Crippen molar-refractivity contribution in [2.45, 2.75) is 31.7 Å². The number of hydrogen-bond acceptors (Lipinski definition) is 3. The predicted molar refractivity (Wildman–Crippen MR) is 62.1 cm³/mol. The van der Waals surface area contributed by atoms with E-state index in [0.717, 1.165) is 19.3 Å². The van der Waals surface area contributed by atoms with Crippen molar-refractivity contribution in [3.63, 3.8) is 0 Å². The second-order valence-corrected chi connectivity index (χ2v) is 5.29. The van der Waals surface area contributed by atoms with Gasteiger partial charge in [-0.05, 0) is 45.2 Å². The Kier molecular flexibility index (Phi) is 3.65. The summed E-state index contributed by atoms with van der Waals surface area (Å²) < 4.78 is 5.40. The van der Waals surface area contributed by atoms with Gasteiger partial charge < -0.3 is 15.0 Å². The van der Waals surface area contributed by atoms with Crippen LogP contribution in [0.3, 0.4) is 0 Å². The molecule has 0 unspecified atom stereocenters. The second-order valence-electron chi connectivity index (χ2n) is 5.29. The van der Waals surface area contributed by atoms with Gasteiger partial charge in [0.1, 0.15) is 0 Å². The van der Waals surface area contributed by atoms with E-state index in [0.29, 0.717) is 5.41 Å². The Bertz CT molecular complexity index is 198. The fraction of sp³-hybridized carbons (Fsp3) is 1.00. The zero-order valence-corrected chi connectivity index (χ0v) is 10.1. The van der Waals surface area contributed by atoms with Crippen molar-refractivity contribution >= 4 is 0 Å². The molecular weight excluding hydrogens is 188 g/mol. The summed E-state index contributed by atoms with van der Waals surface area (Å²) in [5.41, 5.74) is 0.599. The molecule has 1 aliphatic carbocycles. The van der Waals surface area contributed by atoms with Crippen LogP contribution in [-0.4, -0.2) is 51.3 Å². The standard InChI is InChI=1S/C12H24N2O/c1-13-9-12(5-6-12)10-14(2)11-3-7-15-8-4-11/h11,13H,3-10H2,1-2H3. The highest BCUT2D eigenvalue weighted by Gasteiger charge is 2.43. The summed E-state index contributed by atoms with van der Waals surface area (Å²) in [6.07, 6.45) is 5.24. The SMILES string of the molecule is CNCC1(CN(C)C2CCOCC2)CC1. The first-order chi connectivity index (χ1) is 7.26. The van der Waals surface area contributed by atoms with Gasteiger partial charge in [0.15, 0.2) is 0 Å². The first-order valence-electron chi connectivity index (χ1n) is 6.18. The minimum absolute atomic E-state index is 0.599. The van der Waals surface area contributed by atoms with E-state index < -0.39 is 0 Å². The van der Waals surface area contributed by atoms with E-state index in [1.807, 2.05) is 0 Å². The minimum atomic E-state index is 0.599. The highest BCUT2D eigenvalue weighted by Crippen LogP contribution is 2.45. The quantitative estimate of drug-likeness (QED) is 0.738. The molecule has 1 saturated heterocycles. The summed E-state index contributed by atoms with van der Waals surface area (Å²) in [6, 6.07) is 0.757. The predicted octanol–water partition coefficient (Wildman–Crippen LogP) is 1.10. The molecule has 3 heteroatoms. The van der Waals surface area contributed by atoms with Gasteiger partial charge in [-0.2, -0.15) is 0 Å². The molecule has 0 radical (unpaired) electrons. The van der Waals surface area contributed by atoms with Crippen LogP contribution >= 0.6 is 0 Å². The summed E-state index contributed by atoms with van der Waals surface area (Å²) in [7, 11) is 4.35. The van der Waals surface area contributed by atoms with Crippen molar-refractivity contribution in [1.82, 2.24) is 10.2 Å². The first-order valence-corrected chi connectivity index (χ1v) is 6.18. The molecule has 0 spiro atoms. The normalized spacial score (nSPS) is 25.8. The van der Waals surface area contributed by atoms with Crippen LogP contribution in [0.2, 0.25) is 0 Å². The molecule has 1 saturated carbocycles. The Morgan fingerprint density at radius 1 is 1.33 bits per heavy atom. The molecule has 0 aromatic carbocycles. The first kappa shape index (κ1) is 11.4. The molecule has 1 N–H and O–H groups in total. The molecule has 2 aliphatic rings. The van der Waals surface area contributed by atoms with Crippen LogP contribution in [-0.2, 0) is 4.74 Å². The zero-order valence-electron chi connectivity index (χ0n) is 10.1. The molecule has 2 rings (SSSR count). The van der Waals surface area contributed by atoms with Gasteiger partial charge in [-0.3, -0.25) is 0 Å². The maximum atomic E-state index is 5.40. The largest absolute Gasteiger partial charge is 0.381 e. The lowest BCUT2D eigenvalue weighted by Crippen LogP contribution is -2.41.